The maximum absolute atomic E-state index is 6.07. The Balaban J connectivity index is 2.24. The van der Waals surface area contributed by atoms with Gasteiger partial charge in [-0.05, 0) is 48.4 Å². The van der Waals surface area contributed by atoms with Crippen molar-refractivity contribution in [2.75, 3.05) is 6.54 Å². The van der Waals surface area contributed by atoms with E-state index in [1.165, 1.54) is 5.56 Å². The van der Waals surface area contributed by atoms with Crippen LogP contribution in [0.1, 0.15) is 24.1 Å². The number of aromatic nitrogens is 1. The zero-order valence-corrected chi connectivity index (χ0v) is 12.2. The second-order valence-corrected chi connectivity index (χ2v) is 5.25. The van der Waals surface area contributed by atoms with Crippen LogP contribution in [0.25, 0.3) is 0 Å². The van der Waals surface area contributed by atoms with Gasteiger partial charge in [0.15, 0.2) is 0 Å². The molecule has 0 fully saturated rings. The summed E-state index contributed by atoms with van der Waals surface area (Å²) in [6.45, 7) is 2.97. The predicted molar refractivity (Wildman–Crippen MR) is 80.8 cm³/mol. The van der Waals surface area contributed by atoms with Gasteiger partial charge in [-0.25, -0.2) is 0 Å². The molecule has 0 aliphatic heterocycles. The van der Waals surface area contributed by atoms with Crippen LogP contribution in [0.15, 0.2) is 42.7 Å². The molecule has 0 bridgehead atoms. The van der Waals surface area contributed by atoms with Crippen molar-refractivity contribution in [3.05, 3.63) is 63.9 Å². The molecule has 1 heterocycles. The summed E-state index contributed by atoms with van der Waals surface area (Å²) in [5.41, 5.74) is 2.28. The molecule has 2 aromatic rings. The molecular weight excluding hydrogens is 279 g/mol. The first-order chi connectivity index (χ1) is 9.19. The van der Waals surface area contributed by atoms with Crippen molar-refractivity contribution in [3.63, 3.8) is 0 Å². The lowest BCUT2D eigenvalue weighted by atomic mass is 10.00. The molecule has 2 rings (SSSR count). The first-order valence-electron chi connectivity index (χ1n) is 6.27. The van der Waals surface area contributed by atoms with Crippen molar-refractivity contribution in [2.24, 2.45) is 0 Å². The number of hydrogen-bond donors (Lipinski definition) is 1. The third kappa shape index (κ3) is 4.20. The predicted octanol–water partition coefficient (Wildman–Crippen LogP) is 4.28. The number of hydrogen-bond acceptors (Lipinski definition) is 2. The van der Waals surface area contributed by atoms with Gasteiger partial charge in [-0.15, -0.1) is 0 Å². The number of rotatable bonds is 5. The Morgan fingerprint density at radius 3 is 2.53 bits per heavy atom. The van der Waals surface area contributed by atoms with Gasteiger partial charge in [-0.1, -0.05) is 36.2 Å². The Morgan fingerprint density at radius 1 is 1.21 bits per heavy atom. The van der Waals surface area contributed by atoms with Gasteiger partial charge in [-0.3, -0.25) is 4.98 Å². The molecule has 0 saturated heterocycles. The van der Waals surface area contributed by atoms with Crippen molar-refractivity contribution >= 4 is 23.2 Å². The number of nitrogens with one attached hydrogen (secondary N) is 1. The number of benzene rings is 1. The van der Waals surface area contributed by atoms with Gasteiger partial charge in [-0.2, -0.15) is 0 Å². The maximum Gasteiger partial charge on any atom is 0.0424 e. The minimum absolute atomic E-state index is 0.186. The summed E-state index contributed by atoms with van der Waals surface area (Å²) in [4.78, 5) is 4.15. The smallest absolute Gasteiger partial charge is 0.0424 e. The fourth-order valence-electron chi connectivity index (χ4n) is 2.09. The minimum Gasteiger partial charge on any atom is -0.310 e. The Kier molecular flexibility index (Phi) is 5.20. The first-order valence-corrected chi connectivity index (χ1v) is 7.03. The summed E-state index contributed by atoms with van der Waals surface area (Å²) < 4.78 is 0. The number of likely N-dealkylation sites (N-methyl/N-ethyl adjacent to an activating group) is 1. The Morgan fingerprint density at radius 2 is 1.95 bits per heavy atom. The van der Waals surface area contributed by atoms with Crippen molar-refractivity contribution < 1.29 is 0 Å². The SMILES string of the molecule is CCNC(Cc1cccnc1)c1cc(Cl)cc(Cl)c1. The average molecular weight is 295 g/mol. The summed E-state index contributed by atoms with van der Waals surface area (Å²) in [7, 11) is 0. The van der Waals surface area contributed by atoms with Crippen molar-refractivity contribution in [1.29, 1.82) is 0 Å². The maximum atomic E-state index is 6.07. The molecule has 0 spiro atoms. The lowest BCUT2D eigenvalue weighted by Gasteiger charge is -2.19. The van der Waals surface area contributed by atoms with Gasteiger partial charge in [0.1, 0.15) is 0 Å². The summed E-state index contributed by atoms with van der Waals surface area (Å²) in [6, 6.07) is 9.87. The van der Waals surface area contributed by atoms with E-state index in [0.29, 0.717) is 10.0 Å². The van der Waals surface area contributed by atoms with Crippen LogP contribution in [-0.2, 0) is 6.42 Å². The van der Waals surface area contributed by atoms with Crippen LogP contribution in [0, 0.1) is 0 Å². The molecule has 1 N–H and O–H groups in total. The van der Waals surface area contributed by atoms with Gasteiger partial charge >= 0.3 is 0 Å². The molecule has 0 aliphatic carbocycles. The molecule has 1 aromatic heterocycles. The molecule has 0 radical (unpaired) electrons. The number of halogens is 2. The monoisotopic (exact) mass is 294 g/mol. The summed E-state index contributed by atoms with van der Waals surface area (Å²) in [5.74, 6) is 0. The molecule has 0 amide bonds. The highest BCUT2D eigenvalue weighted by atomic mass is 35.5. The van der Waals surface area contributed by atoms with Crippen LogP contribution in [0.5, 0.6) is 0 Å². The van der Waals surface area contributed by atoms with Crippen LogP contribution in [-0.4, -0.2) is 11.5 Å². The van der Waals surface area contributed by atoms with Gasteiger partial charge in [0.2, 0.25) is 0 Å². The second-order valence-electron chi connectivity index (χ2n) is 4.38. The standard InChI is InChI=1S/C15H16Cl2N2/c1-2-19-15(6-11-4-3-5-18-10-11)12-7-13(16)9-14(17)8-12/h3-5,7-10,15,19H,2,6H2,1H3. The van der Waals surface area contributed by atoms with Gasteiger partial charge < -0.3 is 5.32 Å². The normalized spacial score (nSPS) is 12.4. The fourth-order valence-corrected chi connectivity index (χ4v) is 2.63. The average Bonchev–Trinajstić information content (AvgIpc) is 2.38. The Bertz CT molecular complexity index is 509. The van der Waals surface area contributed by atoms with E-state index in [2.05, 4.69) is 23.3 Å². The zero-order chi connectivity index (χ0) is 13.7. The van der Waals surface area contributed by atoms with Crippen LogP contribution >= 0.6 is 23.2 Å². The van der Waals surface area contributed by atoms with Gasteiger partial charge in [0, 0.05) is 28.5 Å². The topological polar surface area (TPSA) is 24.9 Å². The van der Waals surface area contributed by atoms with Crippen molar-refractivity contribution in [3.8, 4) is 0 Å². The lowest BCUT2D eigenvalue weighted by molar-refractivity contribution is 0.549. The molecule has 0 aliphatic rings. The summed E-state index contributed by atoms with van der Waals surface area (Å²) in [5, 5.41) is 4.78. The molecule has 1 atom stereocenters. The van der Waals surface area contributed by atoms with E-state index in [4.69, 9.17) is 23.2 Å². The Hall–Kier alpha value is -1.09. The van der Waals surface area contributed by atoms with Crippen molar-refractivity contribution in [1.82, 2.24) is 10.3 Å². The molecule has 19 heavy (non-hydrogen) atoms. The fraction of sp³-hybridized carbons (Fsp3) is 0.267. The third-order valence-corrected chi connectivity index (χ3v) is 3.34. The first kappa shape index (κ1) is 14.3. The summed E-state index contributed by atoms with van der Waals surface area (Å²) >= 11 is 12.1. The van der Waals surface area contributed by atoms with E-state index >= 15 is 0 Å². The van der Waals surface area contributed by atoms with E-state index in [9.17, 15) is 0 Å². The minimum atomic E-state index is 0.186. The third-order valence-electron chi connectivity index (χ3n) is 2.90. The van der Waals surface area contributed by atoms with E-state index in [1.807, 2.05) is 24.4 Å². The highest BCUT2D eigenvalue weighted by Crippen LogP contribution is 2.25. The molecule has 0 saturated carbocycles. The highest BCUT2D eigenvalue weighted by Gasteiger charge is 2.12. The molecule has 1 aromatic carbocycles. The lowest BCUT2D eigenvalue weighted by Crippen LogP contribution is -2.23. The van der Waals surface area contributed by atoms with Crippen LogP contribution in [0.4, 0.5) is 0 Å². The molecule has 1 unspecified atom stereocenters. The van der Waals surface area contributed by atoms with E-state index in [0.717, 1.165) is 18.5 Å². The molecule has 2 nitrogen and oxygen atoms in total. The Labute approximate surface area is 123 Å². The van der Waals surface area contributed by atoms with Crippen molar-refractivity contribution in [2.45, 2.75) is 19.4 Å². The zero-order valence-electron chi connectivity index (χ0n) is 10.7. The largest absolute Gasteiger partial charge is 0.310 e. The summed E-state index contributed by atoms with van der Waals surface area (Å²) in [6.07, 6.45) is 4.52. The second kappa shape index (κ2) is 6.90. The van der Waals surface area contributed by atoms with E-state index in [-0.39, 0.29) is 6.04 Å². The molecule has 100 valence electrons. The van der Waals surface area contributed by atoms with E-state index < -0.39 is 0 Å². The van der Waals surface area contributed by atoms with E-state index in [1.54, 1.807) is 12.3 Å². The highest BCUT2D eigenvalue weighted by molar-refractivity contribution is 6.34. The quantitative estimate of drug-likeness (QED) is 0.890. The van der Waals surface area contributed by atoms with Crippen LogP contribution in [0.3, 0.4) is 0 Å². The molecule has 4 heteroatoms. The van der Waals surface area contributed by atoms with Crippen LogP contribution in [0.2, 0.25) is 10.0 Å². The number of nitrogens with zero attached hydrogens (tertiary/aromatic N) is 1. The van der Waals surface area contributed by atoms with Gasteiger partial charge in [0.05, 0.1) is 0 Å². The molecular formula is C15H16Cl2N2. The van der Waals surface area contributed by atoms with Crippen LogP contribution < -0.4 is 5.32 Å². The number of pyridine rings is 1. The van der Waals surface area contributed by atoms with Gasteiger partial charge in [0.25, 0.3) is 0 Å².